The van der Waals surface area contributed by atoms with E-state index in [4.69, 9.17) is 11.6 Å². The summed E-state index contributed by atoms with van der Waals surface area (Å²) < 4.78 is 0. The van der Waals surface area contributed by atoms with Gasteiger partial charge in [-0.15, -0.1) is 0 Å². The molecule has 1 aliphatic rings. The van der Waals surface area contributed by atoms with Crippen LogP contribution in [0.2, 0.25) is 5.28 Å². The number of rotatable bonds is 8. The standard InChI is InChI=1S/C12H21ClN6/c1-3-6-14-11-16-10(13)17-12(18-11)15-7-8-19(2)9-4-5-9/h9H,3-8H2,1-2H3,(H2,14,15,16,17,18). The number of hydrogen-bond acceptors (Lipinski definition) is 6. The third kappa shape index (κ3) is 4.80. The Hall–Kier alpha value is -1.14. The first-order chi connectivity index (χ1) is 9.19. The Morgan fingerprint density at radius 3 is 2.37 bits per heavy atom. The molecule has 6 nitrogen and oxygen atoms in total. The van der Waals surface area contributed by atoms with Crippen LogP contribution in [0.1, 0.15) is 26.2 Å². The summed E-state index contributed by atoms with van der Waals surface area (Å²) in [6.07, 6.45) is 3.65. The van der Waals surface area contributed by atoms with Crippen molar-refractivity contribution >= 4 is 23.5 Å². The number of aromatic nitrogens is 3. The molecule has 2 N–H and O–H groups in total. The zero-order chi connectivity index (χ0) is 13.7. The van der Waals surface area contributed by atoms with E-state index in [-0.39, 0.29) is 5.28 Å². The van der Waals surface area contributed by atoms with Crippen molar-refractivity contribution in [3.63, 3.8) is 0 Å². The van der Waals surface area contributed by atoms with E-state index in [0.717, 1.165) is 32.1 Å². The predicted molar refractivity (Wildman–Crippen MR) is 77.8 cm³/mol. The minimum Gasteiger partial charge on any atom is -0.354 e. The maximum absolute atomic E-state index is 5.88. The van der Waals surface area contributed by atoms with Crippen LogP contribution in [0.4, 0.5) is 11.9 Å². The van der Waals surface area contributed by atoms with E-state index in [0.29, 0.717) is 11.9 Å². The topological polar surface area (TPSA) is 66.0 Å². The molecule has 1 saturated carbocycles. The quantitative estimate of drug-likeness (QED) is 0.759. The minimum absolute atomic E-state index is 0.214. The fourth-order valence-electron chi connectivity index (χ4n) is 1.79. The Morgan fingerprint density at radius 2 is 1.79 bits per heavy atom. The molecule has 2 rings (SSSR count). The van der Waals surface area contributed by atoms with Crippen molar-refractivity contribution in [1.82, 2.24) is 19.9 Å². The molecular weight excluding hydrogens is 264 g/mol. The Labute approximate surface area is 119 Å². The Balaban J connectivity index is 1.82. The molecule has 0 spiro atoms. The van der Waals surface area contributed by atoms with Crippen molar-refractivity contribution < 1.29 is 0 Å². The Bertz CT molecular complexity index is 409. The van der Waals surface area contributed by atoms with Gasteiger partial charge in [0.2, 0.25) is 17.2 Å². The lowest BCUT2D eigenvalue weighted by atomic mass is 10.5. The molecule has 106 valence electrons. The molecule has 1 aromatic heterocycles. The van der Waals surface area contributed by atoms with E-state index in [1.54, 1.807) is 0 Å². The smallest absolute Gasteiger partial charge is 0.228 e. The van der Waals surface area contributed by atoms with E-state index in [2.05, 4.69) is 44.5 Å². The van der Waals surface area contributed by atoms with Crippen molar-refractivity contribution in [3.8, 4) is 0 Å². The van der Waals surface area contributed by atoms with Gasteiger partial charge in [0.1, 0.15) is 0 Å². The summed E-state index contributed by atoms with van der Waals surface area (Å²) in [6, 6.07) is 0.769. The second-order valence-electron chi connectivity index (χ2n) is 4.82. The third-order valence-corrected chi connectivity index (χ3v) is 3.23. The average Bonchev–Trinajstić information content (AvgIpc) is 3.20. The highest BCUT2D eigenvalue weighted by Crippen LogP contribution is 2.24. The second-order valence-corrected chi connectivity index (χ2v) is 5.16. The van der Waals surface area contributed by atoms with Gasteiger partial charge in [0.15, 0.2) is 0 Å². The largest absolute Gasteiger partial charge is 0.354 e. The van der Waals surface area contributed by atoms with Gasteiger partial charge < -0.3 is 15.5 Å². The second kappa shape index (κ2) is 6.86. The summed E-state index contributed by atoms with van der Waals surface area (Å²) in [5.41, 5.74) is 0. The zero-order valence-corrected chi connectivity index (χ0v) is 12.2. The van der Waals surface area contributed by atoms with Gasteiger partial charge in [-0.3, -0.25) is 0 Å². The van der Waals surface area contributed by atoms with Crippen LogP contribution in [0.3, 0.4) is 0 Å². The zero-order valence-electron chi connectivity index (χ0n) is 11.5. The highest BCUT2D eigenvalue weighted by atomic mass is 35.5. The third-order valence-electron chi connectivity index (χ3n) is 3.06. The average molecular weight is 285 g/mol. The maximum atomic E-state index is 5.88. The monoisotopic (exact) mass is 284 g/mol. The number of likely N-dealkylation sites (N-methyl/N-ethyl adjacent to an activating group) is 1. The fraction of sp³-hybridized carbons (Fsp3) is 0.750. The van der Waals surface area contributed by atoms with E-state index in [9.17, 15) is 0 Å². The molecular formula is C12H21ClN6. The van der Waals surface area contributed by atoms with Crippen LogP contribution in [-0.2, 0) is 0 Å². The summed E-state index contributed by atoms with van der Waals surface area (Å²) in [4.78, 5) is 14.7. The first-order valence-corrected chi connectivity index (χ1v) is 7.16. The number of nitrogens with one attached hydrogen (secondary N) is 2. The van der Waals surface area contributed by atoms with Crippen LogP contribution in [-0.4, -0.2) is 52.6 Å². The summed E-state index contributed by atoms with van der Waals surface area (Å²) in [5, 5.41) is 6.51. The molecule has 1 heterocycles. The molecule has 0 amide bonds. The molecule has 1 fully saturated rings. The molecule has 0 radical (unpaired) electrons. The number of anilines is 2. The molecule has 1 aromatic rings. The van der Waals surface area contributed by atoms with Crippen LogP contribution >= 0.6 is 11.6 Å². The van der Waals surface area contributed by atoms with E-state index in [1.807, 2.05) is 0 Å². The normalized spacial score (nSPS) is 14.7. The first kappa shape index (κ1) is 14.3. The molecule has 19 heavy (non-hydrogen) atoms. The van der Waals surface area contributed by atoms with Crippen molar-refractivity contribution in [2.45, 2.75) is 32.2 Å². The summed E-state index contributed by atoms with van der Waals surface area (Å²) in [5.74, 6) is 1.06. The number of hydrogen-bond donors (Lipinski definition) is 2. The van der Waals surface area contributed by atoms with Crippen LogP contribution in [0.15, 0.2) is 0 Å². The van der Waals surface area contributed by atoms with Gasteiger partial charge in [-0.05, 0) is 37.9 Å². The van der Waals surface area contributed by atoms with Gasteiger partial charge in [-0.1, -0.05) is 6.92 Å². The fourth-order valence-corrected chi connectivity index (χ4v) is 1.95. The molecule has 0 unspecified atom stereocenters. The van der Waals surface area contributed by atoms with Gasteiger partial charge in [-0.25, -0.2) is 0 Å². The van der Waals surface area contributed by atoms with Gasteiger partial charge in [0.05, 0.1) is 0 Å². The van der Waals surface area contributed by atoms with Crippen molar-refractivity contribution in [2.75, 3.05) is 37.3 Å². The molecule has 0 aromatic carbocycles. The van der Waals surface area contributed by atoms with E-state index in [1.165, 1.54) is 12.8 Å². The lowest BCUT2D eigenvalue weighted by Gasteiger charge is -2.15. The highest BCUT2D eigenvalue weighted by molar-refractivity contribution is 6.28. The SMILES string of the molecule is CCCNc1nc(Cl)nc(NCCN(C)C2CC2)n1. The molecule has 0 aliphatic heterocycles. The first-order valence-electron chi connectivity index (χ1n) is 6.78. The van der Waals surface area contributed by atoms with Gasteiger partial charge >= 0.3 is 0 Å². The van der Waals surface area contributed by atoms with Crippen molar-refractivity contribution in [3.05, 3.63) is 5.28 Å². The van der Waals surface area contributed by atoms with E-state index >= 15 is 0 Å². The van der Waals surface area contributed by atoms with E-state index < -0.39 is 0 Å². The lowest BCUT2D eigenvalue weighted by molar-refractivity contribution is 0.337. The minimum atomic E-state index is 0.214. The lowest BCUT2D eigenvalue weighted by Crippen LogP contribution is -2.27. The maximum Gasteiger partial charge on any atom is 0.228 e. The number of nitrogens with zero attached hydrogens (tertiary/aromatic N) is 4. The van der Waals surface area contributed by atoms with Gasteiger partial charge in [0.25, 0.3) is 0 Å². The van der Waals surface area contributed by atoms with Crippen LogP contribution in [0, 0.1) is 0 Å². The van der Waals surface area contributed by atoms with Crippen LogP contribution < -0.4 is 10.6 Å². The number of halogens is 1. The molecule has 7 heteroatoms. The van der Waals surface area contributed by atoms with Crippen molar-refractivity contribution in [2.24, 2.45) is 0 Å². The molecule has 0 atom stereocenters. The highest BCUT2D eigenvalue weighted by Gasteiger charge is 2.25. The summed E-state index contributed by atoms with van der Waals surface area (Å²) >= 11 is 5.88. The predicted octanol–water partition coefficient (Wildman–Crippen LogP) is 1.85. The Morgan fingerprint density at radius 1 is 1.16 bits per heavy atom. The molecule has 0 bridgehead atoms. The molecule has 0 saturated heterocycles. The summed E-state index contributed by atoms with van der Waals surface area (Å²) in [7, 11) is 2.15. The van der Waals surface area contributed by atoms with Crippen LogP contribution in [0.5, 0.6) is 0 Å². The van der Waals surface area contributed by atoms with Crippen LogP contribution in [0.25, 0.3) is 0 Å². The Kier molecular flexibility index (Phi) is 5.15. The van der Waals surface area contributed by atoms with Gasteiger partial charge in [0, 0.05) is 25.7 Å². The molecule has 1 aliphatic carbocycles. The summed E-state index contributed by atoms with van der Waals surface area (Å²) in [6.45, 7) is 4.69. The van der Waals surface area contributed by atoms with Gasteiger partial charge in [-0.2, -0.15) is 15.0 Å². The van der Waals surface area contributed by atoms with Crippen molar-refractivity contribution in [1.29, 1.82) is 0 Å².